The Morgan fingerprint density at radius 2 is 0.520 bits per heavy atom. The average molecular weight is 1440 g/mol. The first kappa shape index (κ1) is 96.1. The molecule has 0 aliphatic carbocycles. The van der Waals surface area contributed by atoms with E-state index in [0.29, 0.717) is 25.7 Å². The van der Waals surface area contributed by atoms with E-state index < -0.39 is 97.5 Å². The zero-order valence-corrected chi connectivity index (χ0v) is 66.0. The summed E-state index contributed by atoms with van der Waals surface area (Å²) < 4.78 is 68.5. The molecule has 0 aliphatic heterocycles. The molecule has 98 heavy (non-hydrogen) atoms. The lowest BCUT2D eigenvalue weighted by Crippen LogP contribution is -2.30. The van der Waals surface area contributed by atoms with E-state index in [2.05, 4.69) is 48.5 Å². The number of hydrogen-bond acceptors (Lipinski definition) is 15. The van der Waals surface area contributed by atoms with E-state index in [1.165, 1.54) is 218 Å². The van der Waals surface area contributed by atoms with Crippen LogP contribution >= 0.6 is 15.6 Å². The maximum atomic E-state index is 13.1. The molecule has 0 rings (SSSR count). The van der Waals surface area contributed by atoms with E-state index in [0.717, 1.165) is 108 Å². The predicted molar refractivity (Wildman–Crippen MR) is 400 cm³/mol. The van der Waals surface area contributed by atoms with E-state index >= 15 is 0 Å². The van der Waals surface area contributed by atoms with Crippen LogP contribution in [0.3, 0.4) is 0 Å². The molecule has 0 bridgehead atoms. The first-order valence-electron chi connectivity index (χ1n) is 40.9. The van der Waals surface area contributed by atoms with Crippen molar-refractivity contribution in [3.63, 3.8) is 0 Å². The van der Waals surface area contributed by atoms with Gasteiger partial charge in [-0.1, -0.05) is 357 Å². The van der Waals surface area contributed by atoms with Crippen molar-refractivity contribution in [2.24, 2.45) is 17.8 Å². The van der Waals surface area contributed by atoms with Crippen LogP contribution in [-0.4, -0.2) is 96.7 Å². The molecule has 0 saturated heterocycles. The normalized spacial score (nSPS) is 14.3. The molecule has 582 valence electrons. The zero-order valence-electron chi connectivity index (χ0n) is 64.3. The molecule has 17 nitrogen and oxygen atoms in total. The van der Waals surface area contributed by atoms with Crippen molar-refractivity contribution >= 4 is 39.5 Å². The van der Waals surface area contributed by atoms with E-state index in [1.807, 2.05) is 0 Å². The molecule has 0 fully saturated rings. The Morgan fingerprint density at radius 1 is 0.296 bits per heavy atom. The molecule has 0 heterocycles. The number of aliphatic hydroxyl groups excluding tert-OH is 1. The lowest BCUT2D eigenvalue weighted by Gasteiger charge is -2.21. The van der Waals surface area contributed by atoms with Crippen LogP contribution in [0.25, 0.3) is 0 Å². The minimum atomic E-state index is -4.96. The second-order valence-corrected chi connectivity index (χ2v) is 32.6. The van der Waals surface area contributed by atoms with Crippen LogP contribution < -0.4 is 0 Å². The third-order valence-corrected chi connectivity index (χ3v) is 20.6. The van der Waals surface area contributed by atoms with Crippen molar-refractivity contribution in [1.82, 2.24) is 0 Å². The van der Waals surface area contributed by atoms with Crippen LogP contribution in [0, 0.1) is 17.8 Å². The standard InChI is InChI=1S/C79H154O17P2/c1-8-10-11-12-13-31-38-46-53-60-76(81)89-67-75(96-79(84)63-56-49-42-41-45-52-59-72(7)9-2)69-94-98(87,88)92-65-73(80)64-91-97(85,86)93-68-74(66-90-77(82)61-54-47-39-34-29-25-22-18-20-24-28-33-37-44-51-58-71(5)6)95-78(83)62-55-48-40-35-30-26-21-17-15-14-16-19-23-27-32-36-43-50-57-70(3)4/h70-75,80H,8-69H2,1-7H3,(H,85,86)(H,87,88)/t72?,73-,74-,75-/m1/s1. The highest BCUT2D eigenvalue weighted by Gasteiger charge is 2.30. The SMILES string of the molecule is CCCCCCCCCCCC(=O)OC[C@H](COP(=O)(O)OC[C@H](O)COP(=O)(O)OC[C@@H](COC(=O)CCCCCCCCCCCCCCCCCC(C)C)OC(=O)CCCCCCCCCCCCCCCCCCCCC(C)C)OC(=O)CCCCCCCCC(C)CC. The summed E-state index contributed by atoms with van der Waals surface area (Å²) in [6, 6.07) is 0. The summed E-state index contributed by atoms with van der Waals surface area (Å²) >= 11 is 0. The fourth-order valence-corrected chi connectivity index (χ4v) is 13.7. The largest absolute Gasteiger partial charge is 0.472 e. The Balaban J connectivity index is 5.19. The van der Waals surface area contributed by atoms with E-state index in [-0.39, 0.29) is 25.7 Å². The van der Waals surface area contributed by atoms with Gasteiger partial charge in [-0.15, -0.1) is 0 Å². The van der Waals surface area contributed by atoms with Crippen LogP contribution in [-0.2, 0) is 65.4 Å². The summed E-state index contributed by atoms with van der Waals surface area (Å²) in [4.78, 5) is 72.8. The fourth-order valence-electron chi connectivity index (χ4n) is 12.1. The Kier molecular flexibility index (Phi) is 68.1. The topological polar surface area (TPSA) is 237 Å². The van der Waals surface area contributed by atoms with Gasteiger partial charge in [-0.2, -0.15) is 0 Å². The molecule has 0 amide bonds. The van der Waals surface area contributed by atoms with Gasteiger partial charge in [0.25, 0.3) is 0 Å². The molecule has 0 spiro atoms. The van der Waals surface area contributed by atoms with Crippen LogP contribution in [0.5, 0.6) is 0 Å². The number of unbranched alkanes of at least 4 members (excludes halogenated alkanes) is 44. The molecule has 0 saturated carbocycles. The number of aliphatic hydroxyl groups is 1. The number of rotatable bonds is 77. The van der Waals surface area contributed by atoms with Crippen molar-refractivity contribution in [2.75, 3.05) is 39.6 Å². The lowest BCUT2D eigenvalue weighted by molar-refractivity contribution is -0.161. The summed E-state index contributed by atoms with van der Waals surface area (Å²) in [6.07, 6.45) is 57.1. The fraction of sp³-hybridized carbons (Fsp3) is 0.949. The van der Waals surface area contributed by atoms with Gasteiger partial charge >= 0.3 is 39.5 Å². The summed E-state index contributed by atoms with van der Waals surface area (Å²) in [5.41, 5.74) is 0. The molecule has 0 aliphatic rings. The van der Waals surface area contributed by atoms with Crippen LogP contribution in [0.15, 0.2) is 0 Å². The second kappa shape index (κ2) is 69.4. The molecule has 19 heteroatoms. The first-order valence-corrected chi connectivity index (χ1v) is 43.9. The number of ether oxygens (including phenoxy) is 4. The molecule has 6 atom stereocenters. The lowest BCUT2D eigenvalue weighted by atomic mass is 10.00. The number of carbonyl (C=O) groups excluding carboxylic acids is 4. The van der Waals surface area contributed by atoms with Gasteiger partial charge < -0.3 is 33.8 Å². The zero-order chi connectivity index (χ0) is 72.3. The van der Waals surface area contributed by atoms with Gasteiger partial charge in [0.15, 0.2) is 12.2 Å². The molecular formula is C79H154O17P2. The van der Waals surface area contributed by atoms with Crippen molar-refractivity contribution in [2.45, 2.75) is 426 Å². The Labute approximate surface area is 600 Å². The number of phosphoric ester groups is 2. The highest BCUT2D eigenvalue weighted by molar-refractivity contribution is 7.47. The van der Waals surface area contributed by atoms with Crippen molar-refractivity contribution in [3.8, 4) is 0 Å². The van der Waals surface area contributed by atoms with E-state index in [1.54, 1.807) is 0 Å². The molecular weight excluding hydrogens is 1280 g/mol. The molecule has 3 unspecified atom stereocenters. The van der Waals surface area contributed by atoms with Gasteiger partial charge in [0.2, 0.25) is 0 Å². The molecule has 0 aromatic rings. The number of hydrogen-bond donors (Lipinski definition) is 3. The monoisotopic (exact) mass is 1440 g/mol. The summed E-state index contributed by atoms with van der Waals surface area (Å²) in [7, 11) is -9.91. The summed E-state index contributed by atoms with van der Waals surface area (Å²) in [5, 5.41) is 10.6. The van der Waals surface area contributed by atoms with Crippen molar-refractivity contribution in [3.05, 3.63) is 0 Å². The average Bonchev–Trinajstić information content (AvgIpc) is 1.03. The predicted octanol–water partition coefficient (Wildman–Crippen LogP) is 23.4. The Morgan fingerprint density at radius 3 is 0.776 bits per heavy atom. The van der Waals surface area contributed by atoms with Gasteiger partial charge in [0.1, 0.15) is 19.3 Å². The van der Waals surface area contributed by atoms with E-state index in [9.17, 15) is 43.2 Å². The van der Waals surface area contributed by atoms with Crippen LogP contribution in [0.1, 0.15) is 408 Å². The summed E-state index contributed by atoms with van der Waals surface area (Å²) in [6.45, 7) is 11.9. The van der Waals surface area contributed by atoms with Crippen LogP contribution in [0.4, 0.5) is 0 Å². The minimum Gasteiger partial charge on any atom is -0.462 e. The van der Waals surface area contributed by atoms with Gasteiger partial charge in [-0.05, 0) is 43.4 Å². The number of carbonyl (C=O) groups is 4. The van der Waals surface area contributed by atoms with Crippen LogP contribution in [0.2, 0.25) is 0 Å². The Bertz CT molecular complexity index is 1910. The van der Waals surface area contributed by atoms with Gasteiger partial charge in [-0.3, -0.25) is 37.3 Å². The molecule has 3 N–H and O–H groups in total. The van der Waals surface area contributed by atoms with Crippen molar-refractivity contribution in [1.29, 1.82) is 0 Å². The second-order valence-electron chi connectivity index (χ2n) is 29.6. The van der Waals surface area contributed by atoms with Gasteiger partial charge in [-0.25, -0.2) is 9.13 Å². The maximum Gasteiger partial charge on any atom is 0.472 e. The highest BCUT2D eigenvalue weighted by atomic mass is 31.2. The third kappa shape index (κ3) is 71.1. The maximum absolute atomic E-state index is 13.1. The smallest absolute Gasteiger partial charge is 0.462 e. The quantitative estimate of drug-likeness (QED) is 0.0222. The Hall–Kier alpha value is -1.94. The molecule has 0 radical (unpaired) electrons. The first-order chi connectivity index (χ1) is 47.3. The highest BCUT2D eigenvalue weighted by Crippen LogP contribution is 2.45. The van der Waals surface area contributed by atoms with E-state index in [4.69, 9.17) is 37.0 Å². The number of phosphoric acid groups is 2. The summed E-state index contributed by atoms with van der Waals surface area (Å²) in [5.74, 6) is 0.229. The van der Waals surface area contributed by atoms with Crippen molar-refractivity contribution < 1.29 is 80.2 Å². The van der Waals surface area contributed by atoms with Gasteiger partial charge in [0, 0.05) is 25.7 Å². The minimum absolute atomic E-state index is 0.103. The molecule has 0 aromatic heterocycles. The number of esters is 4. The third-order valence-electron chi connectivity index (χ3n) is 18.7. The molecule has 0 aromatic carbocycles. The van der Waals surface area contributed by atoms with Gasteiger partial charge in [0.05, 0.1) is 26.4 Å².